The van der Waals surface area contributed by atoms with E-state index in [1.54, 1.807) is 30.3 Å². The lowest BCUT2D eigenvalue weighted by Crippen LogP contribution is -2.68. The van der Waals surface area contributed by atoms with Crippen molar-refractivity contribution in [3.63, 3.8) is 0 Å². The number of amides is 1. The van der Waals surface area contributed by atoms with Gasteiger partial charge in [-0.1, -0.05) is 250 Å². The van der Waals surface area contributed by atoms with E-state index in [-0.39, 0.29) is 39.3 Å². The second-order valence-electron chi connectivity index (χ2n) is 23.4. The molecule has 1 saturated heterocycles. The average Bonchev–Trinajstić information content (AvgIpc) is 2.08. The van der Waals surface area contributed by atoms with Gasteiger partial charge in [0.05, 0.1) is 38.6 Å². The van der Waals surface area contributed by atoms with E-state index in [9.17, 15) is 49.1 Å². The molecule has 84 heavy (non-hydrogen) atoms. The number of carbonyl (C=O) groups is 4. The molecule has 2 rings (SSSR count). The number of rotatable bonds is 56. The average molecular weight is 1210 g/mol. The summed E-state index contributed by atoms with van der Waals surface area (Å²) in [5, 5.41) is 44.6. The van der Waals surface area contributed by atoms with Crippen LogP contribution in [0.15, 0.2) is 30.3 Å². The van der Waals surface area contributed by atoms with Gasteiger partial charge in [0.1, 0.15) is 31.5 Å². The molecular weight excluding hydrogens is 1100 g/mol. The number of aliphatic hydroxyl groups excluding tert-OH is 4. The Morgan fingerprint density at radius 3 is 1.51 bits per heavy atom. The van der Waals surface area contributed by atoms with Crippen molar-refractivity contribution in [1.29, 1.82) is 0 Å². The minimum atomic E-state index is -4.57. The first-order chi connectivity index (χ1) is 40.7. The molecule has 19 heteroatoms. The van der Waals surface area contributed by atoms with Crippen LogP contribution in [0.3, 0.4) is 0 Å². The molecule has 0 saturated carbocycles. The lowest BCUT2D eigenvalue weighted by atomic mass is 9.88. The number of ether oxygens (including phenoxy) is 5. The maximum atomic E-state index is 13.8. The standard InChI is InChI=1S/C65H116NO17P/c1-4-6-8-10-12-14-16-18-20-22-24-26-28-32-39-45-59(71)77-52-56(82-60(72)46-40-33-29-27-25-23-21-19-17-15-13-11-9-7-5-2)53-81-84(75,76)80-48-42-35-31-30-34-41-47-79-65(64(74)78-51-55-43-37-36-38-44-55)49-57(69)61(66-54(3)68)63(83-65)62(73)58(70)50-67/h36-38,43-44,56-58,61-63,67,69-70,73H,4-35,39-42,45-53H2,1-3H3,(H,66,68)(H,75,76)/t56?,57-,58+,61+,62+,63+,65+/m0/s1. The Kier molecular flexibility index (Phi) is 45.8. The summed E-state index contributed by atoms with van der Waals surface area (Å²) in [5.41, 5.74) is 0.669. The van der Waals surface area contributed by atoms with Crippen molar-refractivity contribution < 1.29 is 81.8 Å². The minimum absolute atomic E-state index is 0.0357. The number of unbranched alkanes of at least 4 members (excludes halogenated alkanes) is 33. The molecule has 2 unspecified atom stereocenters. The summed E-state index contributed by atoms with van der Waals surface area (Å²) in [4.78, 5) is 62.1. The van der Waals surface area contributed by atoms with E-state index in [1.807, 2.05) is 0 Å². The molecule has 0 spiro atoms. The van der Waals surface area contributed by atoms with Crippen LogP contribution in [0.1, 0.15) is 277 Å². The molecule has 0 bridgehead atoms. The fourth-order valence-electron chi connectivity index (χ4n) is 10.5. The second-order valence-corrected chi connectivity index (χ2v) is 24.9. The Morgan fingerprint density at radius 2 is 1.05 bits per heavy atom. The highest BCUT2D eigenvalue weighted by Gasteiger charge is 2.56. The van der Waals surface area contributed by atoms with Crippen LogP contribution in [0.5, 0.6) is 0 Å². The van der Waals surface area contributed by atoms with Gasteiger partial charge in [-0.05, 0) is 31.2 Å². The minimum Gasteiger partial charge on any atom is -0.462 e. The summed E-state index contributed by atoms with van der Waals surface area (Å²) in [6, 6.07) is 7.58. The highest BCUT2D eigenvalue weighted by molar-refractivity contribution is 7.47. The molecule has 1 fully saturated rings. The molecule has 18 nitrogen and oxygen atoms in total. The Hall–Kier alpha value is -3.03. The van der Waals surface area contributed by atoms with E-state index in [0.29, 0.717) is 56.9 Å². The molecule has 6 N–H and O–H groups in total. The quantitative estimate of drug-likeness (QED) is 0.0153. The van der Waals surface area contributed by atoms with Crippen molar-refractivity contribution in [2.45, 2.75) is 320 Å². The molecule has 1 aliphatic heterocycles. The second kappa shape index (κ2) is 49.9. The van der Waals surface area contributed by atoms with Gasteiger partial charge in [-0.15, -0.1) is 0 Å². The maximum absolute atomic E-state index is 13.8. The largest absolute Gasteiger partial charge is 0.472 e. The number of aliphatic hydroxyl groups is 4. The first kappa shape index (κ1) is 77.1. The van der Waals surface area contributed by atoms with Crippen LogP contribution in [0, 0.1) is 0 Å². The van der Waals surface area contributed by atoms with Gasteiger partial charge in [-0.3, -0.25) is 23.4 Å². The lowest BCUT2D eigenvalue weighted by Gasteiger charge is -2.47. The van der Waals surface area contributed by atoms with E-state index in [0.717, 1.165) is 38.5 Å². The van der Waals surface area contributed by atoms with Crippen molar-refractivity contribution >= 4 is 31.6 Å². The Balaban J connectivity index is 1.81. The number of nitrogens with one attached hydrogen (secondary N) is 1. The SMILES string of the molecule is CCCCCCCCCCCCCCCCCC(=O)OCC(COP(=O)(O)OCCCCCCCCO[C@]1(C(=O)OCc2ccccc2)C[C@H](O)[C@@H](NC(C)=O)[C@H]([C@H](O)[C@H](O)CO)O1)OC(=O)CCCCCCCCCCCCCCCCC. The van der Waals surface area contributed by atoms with Gasteiger partial charge in [-0.2, -0.15) is 0 Å². The van der Waals surface area contributed by atoms with Crippen molar-refractivity contribution in [3.8, 4) is 0 Å². The zero-order valence-corrected chi connectivity index (χ0v) is 53.1. The molecule has 1 amide bonds. The van der Waals surface area contributed by atoms with Crippen molar-refractivity contribution in [1.82, 2.24) is 5.32 Å². The molecule has 1 aliphatic rings. The van der Waals surface area contributed by atoms with Crippen LogP contribution in [0.2, 0.25) is 0 Å². The molecule has 0 aromatic heterocycles. The third-order valence-corrected chi connectivity index (χ3v) is 16.6. The summed E-state index contributed by atoms with van der Waals surface area (Å²) in [5.74, 6) is -4.69. The van der Waals surface area contributed by atoms with Crippen molar-refractivity contribution in [3.05, 3.63) is 35.9 Å². The molecule has 1 aromatic rings. The van der Waals surface area contributed by atoms with Gasteiger partial charge in [0.25, 0.3) is 5.79 Å². The first-order valence-corrected chi connectivity index (χ1v) is 34.6. The molecule has 0 aliphatic carbocycles. The fourth-order valence-corrected chi connectivity index (χ4v) is 11.3. The van der Waals surface area contributed by atoms with Gasteiger partial charge in [0.2, 0.25) is 5.91 Å². The fraction of sp³-hybridized carbons (Fsp3) is 0.846. The number of carbonyl (C=O) groups excluding carboxylic acids is 4. The highest BCUT2D eigenvalue weighted by Crippen LogP contribution is 2.43. The monoisotopic (exact) mass is 1210 g/mol. The van der Waals surface area contributed by atoms with E-state index in [4.69, 9.17) is 32.7 Å². The Labute approximate surface area is 505 Å². The lowest BCUT2D eigenvalue weighted by molar-refractivity contribution is -0.314. The summed E-state index contributed by atoms with van der Waals surface area (Å²) in [7, 11) is -4.57. The smallest absolute Gasteiger partial charge is 0.462 e. The van der Waals surface area contributed by atoms with E-state index in [2.05, 4.69) is 19.2 Å². The molecular formula is C65H116NO17P. The normalized spacial score (nSPS) is 18.8. The van der Waals surface area contributed by atoms with Gasteiger partial charge in [-0.25, -0.2) is 9.36 Å². The maximum Gasteiger partial charge on any atom is 0.472 e. The number of phosphoric ester groups is 1. The van der Waals surface area contributed by atoms with Gasteiger partial charge in [0.15, 0.2) is 6.10 Å². The first-order valence-electron chi connectivity index (χ1n) is 33.1. The Bertz CT molecular complexity index is 1850. The highest BCUT2D eigenvalue weighted by atomic mass is 31.2. The zero-order chi connectivity index (χ0) is 61.4. The predicted molar refractivity (Wildman–Crippen MR) is 326 cm³/mol. The van der Waals surface area contributed by atoms with Crippen LogP contribution in [0.4, 0.5) is 0 Å². The van der Waals surface area contributed by atoms with Gasteiger partial charge >= 0.3 is 25.7 Å². The number of hydrogen-bond acceptors (Lipinski definition) is 16. The van der Waals surface area contributed by atoms with Crippen molar-refractivity contribution in [2.75, 3.05) is 33.0 Å². The summed E-state index contributed by atoms with van der Waals surface area (Å²) in [6.45, 7) is 3.75. The van der Waals surface area contributed by atoms with Gasteiger partial charge in [0, 0.05) is 26.2 Å². The molecule has 8 atom stereocenters. The number of benzene rings is 1. The number of phosphoric acid groups is 1. The molecule has 0 radical (unpaired) electrons. The third-order valence-electron chi connectivity index (χ3n) is 15.6. The topological polar surface area (TPSA) is 263 Å². The molecule has 1 heterocycles. The van der Waals surface area contributed by atoms with Gasteiger partial charge < -0.3 is 54.3 Å². The Morgan fingerprint density at radius 1 is 0.607 bits per heavy atom. The predicted octanol–water partition coefficient (Wildman–Crippen LogP) is 13.3. The van der Waals surface area contributed by atoms with Crippen molar-refractivity contribution in [2.24, 2.45) is 0 Å². The van der Waals surface area contributed by atoms with E-state index < -0.39 is 93.6 Å². The summed E-state index contributed by atoms with van der Waals surface area (Å²) >= 11 is 0. The van der Waals surface area contributed by atoms with E-state index >= 15 is 0 Å². The number of hydrogen-bond donors (Lipinski definition) is 6. The summed E-state index contributed by atoms with van der Waals surface area (Å²) < 4.78 is 52.4. The third kappa shape index (κ3) is 38.3. The zero-order valence-electron chi connectivity index (χ0n) is 52.3. The van der Waals surface area contributed by atoms with E-state index in [1.165, 1.54) is 148 Å². The number of esters is 3. The molecule has 1 aromatic carbocycles. The van der Waals surface area contributed by atoms with Crippen LogP contribution >= 0.6 is 7.82 Å². The van der Waals surface area contributed by atoms with Crippen LogP contribution in [0.25, 0.3) is 0 Å². The van der Waals surface area contributed by atoms with Crippen LogP contribution in [-0.4, -0.2) is 125 Å². The van der Waals surface area contributed by atoms with Crippen LogP contribution in [-0.2, 0) is 63.1 Å². The van der Waals surface area contributed by atoms with Crippen LogP contribution < -0.4 is 5.32 Å². The summed E-state index contributed by atoms with van der Waals surface area (Å²) in [6.07, 6.45) is 32.1. The molecule has 488 valence electrons.